The van der Waals surface area contributed by atoms with Gasteiger partial charge < -0.3 is 11.1 Å². The average Bonchev–Trinajstić information content (AvgIpc) is 2.44. The smallest absolute Gasteiger partial charge is 0.224 e. The third kappa shape index (κ3) is 5.98. The fourth-order valence-corrected chi connectivity index (χ4v) is 2.34. The molecule has 0 aliphatic rings. The molecule has 0 spiro atoms. The van der Waals surface area contributed by atoms with Gasteiger partial charge in [-0.05, 0) is 30.4 Å². The predicted molar refractivity (Wildman–Crippen MR) is 96.2 cm³/mol. The predicted octanol–water partition coefficient (Wildman–Crippen LogP) is 3.86. The van der Waals surface area contributed by atoms with Crippen molar-refractivity contribution in [2.24, 2.45) is 17.6 Å². The van der Waals surface area contributed by atoms with E-state index in [2.05, 4.69) is 50.4 Å². The lowest BCUT2D eigenvalue weighted by Crippen LogP contribution is -2.41. The van der Waals surface area contributed by atoms with Crippen molar-refractivity contribution in [3.63, 3.8) is 0 Å². The van der Waals surface area contributed by atoms with E-state index in [1.54, 1.807) is 0 Å². The van der Waals surface area contributed by atoms with Crippen molar-refractivity contribution in [3.05, 3.63) is 35.4 Å². The van der Waals surface area contributed by atoms with Crippen molar-refractivity contribution < 1.29 is 4.79 Å². The molecule has 0 aromatic heterocycles. The van der Waals surface area contributed by atoms with Crippen LogP contribution in [0, 0.1) is 11.8 Å². The number of halogens is 1. The summed E-state index contributed by atoms with van der Waals surface area (Å²) < 4.78 is 0. The van der Waals surface area contributed by atoms with Crippen LogP contribution >= 0.6 is 12.4 Å². The van der Waals surface area contributed by atoms with Gasteiger partial charge in [0.1, 0.15) is 0 Å². The molecule has 0 aliphatic heterocycles. The third-order valence-corrected chi connectivity index (χ3v) is 4.04. The number of hydrogen-bond acceptors (Lipinski definition) is 2. The van der Waals surface area contributed by atoms with E-state index in [1.165, 1.54) is 5.56 Å². The molecule has 3 unspecified atom stereocenters. The maximum atomic E-state index is 12.3. The van der Waals surface area contributed by atoms with E-state index in [4.69, 9.17) is 5.73 Å². The monoisotopic (exact) mass is 326 g/mol. The summed E-state index contributed by atoms with van der Waals surface area (Å²) in [6.45, 7) is 10.2. The van der Waals surface area contributed by atoms with E-state index < -0.39 is 0 Å². The lowest BCUT2D eigenvalue weighted by molar-refractivity contribution is -0.126. The first-order chi connectivity index (χ1) is 9.86. The van der Waals surface area contributed by atoms with Crippen LogP contribution in [0.25, 0.3) is 0 Å². The van der Waals surface area contributed by atoms with Gasteiger partial charge in [0.15, 0.2) is 0 Å². The molecule has 0 radical (unpaired) electrons. The van der Waals surface area contributed by atoms with Gasteiger partial charge in [0.25, 0.3) is 0 Å². The Balaban J connectivity index is 0.00000441. The van der Waals surface area contributed by atoms with E-state index in [-0.39, 0.29) is 36.3 Å². The second kappa shape index (κ2) is 9.86. The quantitative estimate of drug-likeness (QED) is 0.799. The Morgan fingerprint density at radius 3 is 2.09 bits per heavy atom. The lowest BCUT2D eigenvalue weighted by atomic mass is 9.93. The van der Waals surface area contributed by atoms with E-state index >= 15 is 0 Å². The van der Waals surface area contributed by atoms with Gasteiger partial charge in [-0.25, -0.2) is 0 Å². The summed E-state index contributed by atoms with van der Waals surface area (Å²) in [6, 6.07) is 8.49. The van der Waals surface area contributed by atoms with Crippen molar-refractivity contribution in [3.8, 4) is 0 Å². The topological polar surface area (TPSA) is 55.1 Å². The largest absolute Gasteiger partial charge is 0.349 e. The number of carbonyl (C=O) groups excluding carboxylic acids is 1. The summed E-state index contributed by atoms with van der Waals surface area (Å²) in [5.41, 5.74) is 8.33. The Morgan fingerprint density at radius 1 is 1.14 bits per heavy atom. The molecule has 126 valence electrons. The minimum absolute atomic E-state index is 0. The summed E-state index contributed by atoms with van der Waals surface area (Å²) in [5.74, 6) is 0.193. The van der Waals surface area contributed by atoms with Crippen LogP contribution in [0.15, 0.2) is 24.3 Å². The molecule has 0 heterocycles. The van der Waals surface area contributed by atoms with Crippen LogP contribution in [0.1, 0.15) is 58.2 Å². The van der Waals surface area contributed by atoms with Crippen LogP contribution in [-0.2, 0) is 11.2 Å². The van der Waals surface area contributed by atoms with E-state index in [0.717, 1.165) is 18.4 Å². The number of amides is 1. The van der Waals surface area contributed by atoms with Crippen LogP contribution < -0.4 is 11.1 Å². The Hall–Kier alpha value is -1.06. The first-order valence-corrected chi connectivity index (χ1v) is 8.01. The van der Waals surface area contributed by atoms with Crippen molar-refractivity contribution in [1.29, 1.82) is 0 Å². The summed E-state index contributed by atoms with van der Waals surface area (Å²) in [6.07, 6.45) is 2.25. The molecule has 0 saturated carbocycles. The number of aryl methyl sites for hydroxylation is 1. The molecule has 1 aromatic carbocycles. The van der Waals surface area contributed by atoms with E-state index in [0.29, 0.717) is 5.92 Å². The highest BCUT2D eigenvalue weighted by molar-refractivity contribution is 5.85. The second-order valence-electron chi connectivity index (χ2n) is 6.37. The summed E-state index contributed by atoms with van der Waals surface area (Å²) in [7, 11) is 0. The normalized spacial score (nSPS) is 14.9. The van der Waals surface area contributed by atoms with E-state index in [1.807, 2.05) is 13.8 Å². The Kier molecular flexibility index (Phi) is 9.38. The zero-order valence-corrected chi connectivity index (χ0v) is 15.2. The van der Waals surface area contributed by atoms with Gasteiger partial charge in [0, 0.05) is 12.0 Å². The molecule has 0 fully saturated rings. The zero-order valence-electron chi connectivity index (χ0n) is 14.4. The highest BCUT2D eigenvalue weighted by Gasteiger charge is 2.23. The average molecular weight is 327 g/mol. The fraction of sp³-hybridized carbons (Fsp3) is 0.611. The number of carbonyl (C=O) groups is 1. The van der Waals surface area contributed by atoms with Crippen LogP contribution in [-0.4, -0.2) is 11.9 Å². The SMILES string of the molecule is CCCc1ccc(C(NC(=O)C(C)C(C)N)C(C)C)cc1.Cl. The summed E-state index contributed by atoms with van der Waals surface area (Å²) >= 11 is 0. The number of rotatable bonds is 7. The molecule has 3 atom stereocenters. The minimum Gasteiger partial charge on any atom is -0.349 e. The molecule has 1 amide bonds. The van der Waals surface area contributed by atoms with Crippen LogP contribution in [0.3, 0.4) is 0 Å². The van der Waals surface area contributed by atoms with Gasteiger partial charge in [0.2, 0.25) is 5.91 Å². The molecule has 3 N–H and O–H groups in total. The lowest BCUT2D eigenvalue weighted by Gasteiger charge is -2.26. The van der Waals surface area contributed by atoms with Gasteiger partial charge >= 0.3 is 0 Å². The van der Waals surface area contributed by atoms with Gasteiger partial charge in [-0.15, -0.1) is 12.4 Å². The molecule has 22 heavy (non-hydrogen) atoms. The molecular formula is C18H31ClN2O. The van der Waals surface area contributed by atoms with Crippen LogP contribution in [0.2, 0.25) is 0 Å². The van der Waals surface area contributed by atoms with Crippen molar-refractivity contribution in [1.82, 2.24) is 5.32 Å². The van der Waals surface area contributed by atoms with Gasteiger partial charge in [-0.1, -0.05) is 58.4 Å². The molecular weight excluding hydrogens is 296 g/mol. The van der Waals surface area contributed by atoms with Gasteiger partial charge in [-0.3, -0.25) is 4.79 Å². The number of benzene rings is 1. The Morgan fingerprint density at radius 2 is 1.68 bits per heavy atom. The first-order valence-electron chi connectivity index (χ1n) is 8.01. The molecule has 3 nitrogen and oxygen atoms in total. The summed E-state index contributed by atoms with van der Waals surface area (Å²) in [5, 5.41) is 3.15. The van der Waals surface area contributed by atoms with Gasteiger partial charge in [-0.2, -0.15) is 0 Å². The highest BCUT2D eigenvalue weighted by Crippen LogP contribution is 2.23. The number of nitrogens with two attached hydrogens (primary N) is 1. The van der Waals surface area contributed by atoms with Crippen molar-refractivity contribution >= 4 is 18.3 Å². The Bertz CT molecular complexity index is 443. The third-order valence-electron chi connectivity index (χ3n) is 4.04. The molecule has 0 aliphatic carbocycles. The highest BCUT2D eigenvalue weighted by atomic mass is 35.5. The van der Waals surface area contributed by atoms with Crippen LogP contribution in [0.4, 0.5) is 0 Å². The summed E-state index contributed by atoms with van der Waals surface area (Å²) in [4.78, 5) is 12.3. The first kappa shape index (κ1) is 20.9. The maximum Gasteiger partial charge on any atom is 0.224 e. The van der Waals surface area contributed by atoms with E-state index in [9.17, 15) is 4.79 Å². The number of nitrogens with one attached hydrogen (secondary N) is 1. The molecule has 4 heteroatoms. The van der Waals surface area contributed by atoms with Crippen molar-refractivity contribution in [2.45, 2.75) is 59.5 Å². The zero-order chi connectivity index (χ0) is 16.0. The number of hydrogen-bond donors (Lipinski definition) is 2. The molecule has 0 saturated heterocycles. The fourth-order valence-electron chi connectivity index (χ4n) is 2.34. The molecule has 1 rings (SSSR count). The Labute approximate surface area is 141 Å². The second-order valence-corrected chi connectivity index (χ2v) is 6.37. The minimum atomic E-state index is -0.175. The maximum absolute atomic E-state index is 12.3. The molecule has 1 aromatic rings. The molecule has 0 bridgehead atoms. The van der Waals surface area contributed by atoms with Gasteiger partial charge in [0.05, 0.1) is 6.04 Å². The van der Waals surface area contributed by atoms with Crippen LogP contribution in [0.5, 0.6) is 0 Å². The van der Waals surface area contributed by atoms with Crippen molar-refractivity contribution in [2.75, 3.05) is 0 Å². The standard InChI is InChI=1S/C18H30N2O.ClH/c1-6-7-15-8-10-16(11-9-15)17(12(2)3)20-18(21)13(4)14(5)19;/h8-14,17H,6-7,19H2,1-5H3,(H,20,21);1H.